The van der Waals surface area contributed by atoms with Gasteiger partial charge in [0.2, 0.25) is 5.95 Å². The summed E-state index contributed by atoms with van der Waals surface area (Å²) < 4.78 is 63.5. The molecule has 4 aromatic heterocycles. The van der Waals surface area contributed by atoms with Crippen molar-refractivity contribution in [2.75, 3.05) is 31.6 Å². The van der Waals surface area contributed by atoms with Gasteiger partial charge >= 0.3 is 0 Å². The molecule has 228 valence electrons. The number of rotatable bonds is 9. The van der Waals surface area contributed by atoms with Gasteiger partial charge in [0, 0.05) is 68.0 Å². The molecule has 0 N–H and O–H groups in total. The molecule has 5 aromatic rings. The Morgan fingerprint density at radius 2 is 1.82 bits per heavy atom. The van der Waals surface area contributed by atoms with Gasteiger partial charge in [-0.3, -0.25) is 0 Å². The van der Waals surface area contributed by atoms with Gasteiger partial charge in [0.05, 0.1) is 23.7 Å². The van der Waals surface area contributed by atoms with E-state index < -0.39 is 32.9 Å². The van der Waals surface area contributed by atoms with Crippen molar-refractivity contribution in [3.8, 4) is 16.8 Å². The molecular weight excluding hydrogens is 588 g/mol. The van der Waals surface area contributed by atoms with E-state index in [0.29, 0.717) is 28.1 Å². The number of nitrogens with zero attached hydrogens (tertiary/aromatic N) is 7. The lowest BCUT2D eigenvalue weighted by Gasteiger charge is -2.36. The molecule has 44 heavy (non-hydrogen) atoms. The predicted octanol–water partition coefficient (Wildman–Crippen LogP) is 5.03. The Morgan fingerprint density at radius 3 is 2.52 bits per heavy atom. The third-order valence-electron chi connectivity index (χ3n) is 8.62. The van der Waals surface area contributed by atoms with E-state index in [4.69, 9.17) is 9.40 Å². The lowest BCUT2D eigenvalue weighted by Crippen LogP contribution is -2.44. The largest absolute Gasteiger partial charge is 0.471 e. The summed E-state index contributed by atoms with van der Waals surface area (Å²) in [6.45, 7) is 3.24. The first kappa shape index (κ1) is 28.5. The molecule has 1 aliphatic carbocycles. The van der Waals surface area contributed by atoms with Crippen molar-refractivity contribution in [2.24, 2.45) is 5.92 Å². The van der Waals surface area contributed by atoms with E-state index in [0.717, 1.165) is 50.2 Å². The second-order valence-corrected chi connectivity index (χ2v) is 13.6. The molecule has 1 saturated carbocycles. The van der Waals surface area contributed by atoms with Crippen molar-refractivity contribution in [3.63, 3.8) is 0 Å². The van der Waals surface area contributed by atoms with Gasteiger partial charge in [-0.05, 0) is 43.7 Å². The van der Waals surface area contributed by atoms with Crippen LogP contribution >= 0.6 is 0 Å². The highest BCUT2D eigenvalue weighted by molar-refractivity contribution is 7.90. The van der Waals surface area contributed by atoms with Gasteiger partial charge in [0.15, 0.2) is 15.7 Å². The van der Waals surface area contributed by atoms with Crippen molar-refractivity contribution >= 4 is 26.8 Å². The molecule has 1 aromatic carbocycles. The fourth-order valence-corrected chi connectivity index (χ4v) is 7.22. The van der Waals surface area contributed by atoms with Gasteiger partial charge in [-0.2, -0.15) is 0 Å². The van der Waals surface area contributed by atoms with E-state index >= 15 is 8.78 Å². The lowest BCUT2D eigenvalue weighted by molar-refractivity contribution is 0.203. The third kappa shape index (κ3) is 5.45. The van der Waals surface area contributed by atoms with Crippen LogP contribution in [-0.2, 0) is 15.6 Å². The monoisotopic (exact) mass is 619 g/mol. The molecule has 0 amide bonds. The number of aromatic nitrogens is 5. The normalized spacial score (nSPS) is 16.5. The van der Waals surface area contributed by atoms with Crippen LogP contribution in [0, 0.1) is 17.6 Å². The third-order valence-corrected chi connectivity index (χ3v) is 10.3. The Hall–Kier alpha value is -4.23. The highest BCUT2D eigenvalue weighted by atomic mass is 32.2. The number of furan rings is 1. The molecule has 0 unspecified atom stereocenters. The fourth-order valence-electron chi connectivity index (χ4n) is 5.95. The number of hydrogen-bond acceptors (Lipinski definition) is 9. The van der Waals surface area contributed by atoms with Crippen molar-refractivity contribution < 1.29 is 21.6 Å². The van der Waals surface area contributed by atoms with Crippen LogP contribution in [0.3, 0.4) is 0 Å². The second kappa shape index (κ2) is 11.4. The number of fused-ring (bicyclic) bond motifs is 1. The average molecular weight is 620 g/mol. The summed E-state index contributed by atoms with van der Waals surface area (Å²) in [6.07, 6.45) is 14.7. The SMILES string of the molecule is CN(c1ncc2c(n1)c(-c1cncnc1)cn2-c1c(F)ccc(CS(=O)(=O)c2ccoc2)c1F)C1CCN(CC2CC2)CC1. The van der Waals surface area contributed by atoms with E-state index in [1.165, 1.54) is 42.6 Å². The molecule has 1 aliphatic heterocycles. The lowest BCUT2D eigenvalue weighted by atomic mass is 10.0. The Kier molecular flexibility index (Phi) is 7.37. The summed E-state index contributed by atoms with van der Waals surface area (Å²) in [5.41, 5.74) is 1.39. The Balaban J connectivity index is 1.27. The van der Waals surface area contributed by atoms with Crippen LogP contribution in [0.4, 0.5) is 14.7 Å². The van der Waals surface area contributed by atoms with Crippen LogP contribution in [-0.4, -0.2) is 70.5 Å². The minimum atomic E-state index is -3.93. The molecular formula is C31H31F2N7O3S. The van der Waals surface area contributed by atoms with Crippen LogP contribution in [0.15, 0.2) is 71.2 Å². The molecule has 5 heterocycles. The van der Waals surface area contributed by atoms with Crippen LogP contribution < -0.4 is 4.90 Å². The van der Waals surface area contributed by atoms with E-state index in [-0.39, 0.29) is 16.5 Å². The molecule has 2 fully saturated rings. The van der Waals surface area contributed by atoms with Crippen LogP contribution in [0.1, 0.15) is 31.2 Å². The molecule has 0 bridgehead atoms. The fraction of sp³-hybridized carbons (Fsp3) is 0.355. The first-order valence-corrected chi connectivity index (χ1v) is 16.2. The van der Waals surface area contributed by atoms with E-state index in [2.05, 4.69) is 24.8 Å². The first-order chi connectivity index (χ1) is 21.3. The number of anilines is 1. The second-order valence-electron chi connectivity index (χ2n) is 11.6. The maximum absolute atomic E-state index is 16.1. The summed E-state index contributed by atoms with van der Waals surface area (Å²) in [4.78, 5) is 22.3. The Labute approximate surface area is 253 Å². The van der Waals surface area contributed by atoms with Crippen molar-refractivity contribution in [3.05, 3.63) is 79.0 Å². The van der Waals surface area contributed by atoms with Crippen LogP contribution in [0.5, 0.6) is 0 Å². The number of likely N-dealkylation sites (tertiary alicyclic amines) is 1. The number of benzene rings is 1. The summed E-state index contributed by atoms with van der Waals surface area (Å²) in [7, 11) is -1.95. The standard InChI is InChI=1S/C31H31F2N7O3S/c1-38(23-6-9-39(10-7-23)15-20-2-3-20)31-36-14-27-29(37-31)25(22-12-34-19-35-13-22)16-40(27)30-26(32)5-4-21(28(30)33)18-44(41,42)24-8-11-43-17-24/h4-5,8,11-14,16-17,19-20,23H,2-3,6-7,9-10,15,18H2,1H3. The quantitative estimate of drug-likeness (QED) is 0.224. The topological polar surface area (TPSA) is 110 Å². The zero-order chi connectivity index (χ0) is 30.4. The zero-order valence-corrected chi connectivity index (χ0v) is 24.9. The summed E-state index contributed by atoms with van der Waals surface area (Å²) >= 11 is 0. The van der Waals surface area contributed by atoms with Gasteiger partial charge in [0.1, 0.15) is 34.5 Å². The van der Waals surface area contributed by atoms with Gasteiger partial charge in [-0.15, -0.1) is 0 Å². The predicted molar refractivity (Wildman–Crippen MR) is 160 cm³/mol. The summed E-state index contributed by atoms with van der Waals surface area (Å²) in [5.74, 6) is -1.16. The molecule has 0 atom stereocenters. The van der Waals surface area contributed by atoms with Crippen LogP contribution in [0.25, 0.3) is 27.8 Å². The van der Waals surface area contributed by atoms with Gasteiger partial charge < -0.3 is 18.8 Å². The summed E-state index contributed by atoms with van der Waals surface area (Å²) in [5, 5.41) is 0. The molecule has 1 saturated heterocycles. The maximum Gasteiger partial charge on any atom is 0.225 e. The Morgan fingerprint density at radius 1 is 1.05 bits per heavy atom. The first-order valence-electron chi connectivity index (χ1n) is 14.6. The number of halogens is 2. The van der Waals surface area contributed by atoms with Gasteiger partial charge in [-0.25, -0.2) is 37.1 Å². The Bertz CT molecular complexity index is 1900. The zero-order valence-electron chi connectivity index (χ0n) is 24.1. The highest BCUT2D eigenvalue weighted by Crippen LogP contribution is 2.35. The maximum atomic E-state index is 16.1. The summed E-state index contributed by atoms with van der Waals surface area (Å²) in [6, 6.07) is 3.75. The molecule has 0 spiro atoms. The highest BCUT2D eigenvalue weighted by Gasteiger charge is 2.30. The molecule has 2 aliphatic rings. The van der Waals surface area contributed by atoms with E-state index in [1.807, 2.05) is 7.05 Å². The number of hydrogen-bond donors (Lipinski definition) is 0. The molecule has 7 rings (SSSR count). The molecule has 13 heteroatoms. The van der Waals surface area contributed by atoms with Crippen molar-refractivity contribution in [1.29, 1.82) is 0 Å². The van der Waals surface area contributed by atoms with Gasteiger partial charge in [-0.1, -0.05) is 6.07 Å². The molecule has 0 radical (unpaired) electrons. The van der Waals surface area contributed by atoms with Gasteiger partial charge in [0.25, 0.3) is 0 Å². The minimum Gasteiger partial charge on any atom is -0.471 e. The molecule has 10 nitrogen and oxygen atoms in total. The number of sulfone groups is 1. The van der Waals surface area contributed by atoms with Crippen molar-refractivity contribution in [2.45, 2.75) is 42.4 Å². The van der Waals surface area contributed by atoms with E-state index in [9.17, 15) is 8.42 Å². The smallest absolute Gasteiger partial charge is 0.225 e. The minimum absolute atomic E-state index is 0.0841. The van der Waals surface area contributed by atoms with Crippen LogP contribution in [0.2, 0.25) is 0 Å². The average Bonchev–Trinajstić information content (AvgIpc) is 3.51. The van der Waals surface area contributed by atoms with Crippen molar-refractivity contribution in [1.82, 2.24) is 29.4 Å². The van der Waals surface area contributed by atoms with E-state index in [1.54, 1.807) is 24.8 Å². The number of piperidine rings is 1.